The van der Waals surface area contributed by atoms with Crippen LogP contribution in [-0.4, -0.2) is 40.9 Å². The summed E-state index contributed by atoms with van der Waals surface area (Å²) in [5.74, 6) is -1.55. The second-order valence-corrected chi connectivity index (χ2v) is 2.88. The lowest BCUT2D eigenvalue weighted by Crippen LogP contribution is -2.18. The molecule has 0 atom stereocenters. The van der Waals surface area contributed by atoms with Crippen molar-refractivity contribution in [3.63, 3.8) is 0 Å². The smallest absolute Gasteiger partial charge is 0.304 e. The highest BCUT2D eigenvalue weighted by atomic mass is 32.1. The van der Waals surface area contributed by atoms with E-state index in [1.165, 1.54) is 7.05 Å². The average molecular weight is 267 g/mol. The lowest BCUT2D eigenvalue weighted by molar-refractivity contribution is -0.139. The van der Waals surface area contributed by atoms with Gasteiger partial charge in [0, 0.05) is 19.2 Å². The van der Waals surface area contributed by atoms with Crippen LogP contribution in [0, 0.1) is 0 Å². The molecule has 0 saturated heterocycles. The number of carboxylic acid groups (broad SMARTS) is 2. The number of nitrogens with one attached hydrogen (secondary N) is 1. The Bertz CT molecular complexity index is 221. The van der Waals surface area contributed by atoms with Gasteiger partial charge in [-0.25, -0.2) is 0 Å². The van der Waals surface area contributed by atoms with Gasteiger partial charge in [-0.2, -0.15) is 12.6 Å². The molecule has 0 aromatic carbocycles. The van der Waals surface area contributed by atoms with E-state index in [2.05, 4.69) is 17.9 Å². The zero-order chi connectivity index (χ0) is 14.3. The number of carboxylic acids is 2. The minimum atomic E-state index is -0.946. The predicted molar refractivity (Wildman–Crippen MR) is 68.4 cm³/mol. The zero-order valence-corrected chi connectivity index (χ0v) is 11.3. The van der Waals surface area contributed by atoms with Crippen molar-refractivity contribution < 1.29 is 24.6 Å². The van der Waals surface area contributed by atoms with Gasteiger partial charge >= 0.3 is 11.9 Å². The van der Waals surface area contributed by atoms with E-state index in [-0.39, 0.29) is 25.2 Å². The van der Waals surface area contributed by atoms with Gasteiger partial charge in [-0.05, 0) is 0 Å². The molecule has 0 bridgehead atoms. The molecule has 0 aliphatic rings. The zero-order valence-electron chi connectivity index (χ0n) is 10.4. The lowest BCUT2D eigenvalue weighted by atomic mass is 10.3. The maximum absolute atomic E-state index is 10.3. The van der Waals surface area contributed by atoms with E-state index in [1.54, 1.807) is 0 Å². The second-order valence-electron chi connectivity index (χ2n) is 2.43. The third-order valence-electron chi connectivity index (χ3n) is 1.17. The van der Waals surface area contributed by atoms with Gasteiger partial charge in [0.2, 0.25) is 5.91 Å². The topological polar surface area (TPSA) is 104 Å². The van der Waals surface area contributed by atoms with Crippen LogP contribution in [0.15, 0.2) is 0 Å². The number of thiol groups is 1. The van der Waals surface area contributed by atoms with Crippen LogP contribution in [0.1, 0.15) is 33.1 Å². The highest BCUT2D eigenvalue weighted by Crippen LogP contribution is 1.86. The average Bonchev–Trinajstić information content (AvgIpc) is 2.29. The van der Waals surface area contributed by atoms with Crippen molar-refractivity contribution >= 4 is 30.5 Å². The number of amides is 1. The maximum Gasteiger partial charge on any atom is 0.304 e. The molecule has 1 amide bonds. The first-order valence-electron chi connectivity index (χ1n) is 5.19. The standard InChI is InChI=1S/C5H9NO3.C3H6O2S.C2H6/c1-6-4(7)2-3-5(8)9;4-3(5)1-2-6;1-2/h2-3H2,1H3,(H,6,7)(H,8,9);6H,1-2H2,(H,4,5);1-2H3. The molecule has 0 rings (SSSR count). The fraction of sp³-hybridized carbons (Fsp3) is 0.700. The minimum absolute atomic E-state index is 0.0613. The molecule has 0 heterocycles. The Morgan fingerprint density at radius 3 is 1.59 bits per heavy atom. The summed E-state index contributed by atoms with van der Waals surface area (Å²) >= 11 is 3.68. The molecule has 0 radical (unpaired) electrons. The molecule has 3 N–H and O–H groups in total. The number of hydrogen-bond acceptors (Lipinski definition) is 4. The number of rotatable bonds is 5. The van der Waals surface area contributed by atoms with Crippen molar-refractivity contribution in [2.24, 2.45) is 0 Å². The summed E-state index contributed by atoms with van der Waals surface area (Å²) in [6.45, 7) is 4.00. The Morgan fingerprint density at radius 1 is 1.00 bits per heavy atom. The van der Waals surface area contributed by atoms with E-state index in [1.807, 2.05) is 13.8 Å². The van der Waals surface area contributed by atoms with Crippen LogP contribution in [0.25, 0.3) is 0 Å². The van der Waals surface area contributed by atoms with Crippen molar-refractivity contribution in [2.75, 3.05) is 12.8 Å². The maximum atomic E-state index is 10.3. The molecule has 0 spiro atoms. The van der Waals surface area contributed by atoms with Gasteiger partial charge in [0.1, 0.15) is 0 Å². The Balaban J connectivity index is -0.000000213. The highest BCUT2D eigenvalue weighted by Gasteiger charge is 2.01. The van der Waals surface area contributed by atoms with E-state index in [0.29, 0.717) is 5.75 Å². The molecule has 0 aromatic heterocycles. The van der Waals surface area contributed by atoms with Gasteiger partial charge in [-0.15, -0.1) is 0 Å². The fourth-order valence-electron chi connectivity index (χ4n) is 0.441. The first-order chi connectivity index (χ1) is 7.93. The van der Waals surface area contributed by atoms with Gasteiger partial charge in [0.05, 0.1) is 12.8 Å². The van der Waals surface area contributed by atoms with E-state index in [0.717, 1.165) is 0 Å². The first-order valence-corrected chi connectivity index (χ1v) is 5.82. The largest absolute Gasteiger partial charge is 0.481 e. The molecule has 0 aliphatic carbocycles. The molecule has 7 heteroatoms. The van der Waals surface area contributed by atoms with Crippen molar-refractivity contribution in [1.82, 2.24) is 5.32 Å². The Hall–Kier alpha value is -1.24. The number of carbonyl (C=O) groups excluding carboxylic acids is 1. The Kier molecular flexibility index (Phi) is 21.3. The normalized spacial score (nSPS) is 7.76. The monoisotopic (exact) mass is 267 g/mol. The van der Waals surface area contributed by atoms with Crippen molar-refractivity contribution in [3.8, 4) is 0 Å². The summed E-state index contributed by atoms with van der Waals surface area (Å²) in [6, 6.07) is 0. The molecule has 0 aromatic rings. The molecule has 0 aliphatic heterocycles. The quantitative estimate of drug-likeness (QED) is 0.557. The van der Waals surface area contributed by atoms with Crippen LogP contribution >= 0.6 is 12.6 Å². The third kappa shape index (κ3) is 31.3. The van der Waals surface area contributed by atoms with Gasteiger partial charge < -0.3 is 15.5 Å². The summed E-state index contributed by atoms with van der Waals surface area (Å²) in [6.07, 6.45) is 0.120. The van der Waals surface area contributed by atoms with Crippen molar-refractivity contribution in [2.45, 2.75) is 33.1 Å². The molecule has 0 unspecified atom stereocenters. The molecule has 102 valence electrons. The Morgan fingerprint density at radius 2 is 1.41 bits per heavy atom. The van der Waals surface area contributed by atoms with Crippen LogP contribution in [-0.2, 0) is 14.4 Å². The van der Waals surface area contributed by atoms with Crippen LogP contribution in [0.2, 0.25) is 0 Å². The van der Waals surface area contributed by atoms with Crippen molar-refractivity contribution in [3.05, 3.63) is 0 Å². The number of carbonyl (C=O) groups is 3. The summed E-state index contributed by atoms with van der Waals surface area (Å²) in [5.41, 5.74) is 0. The molecule has 0 saturated carbocycles. The van der Waals surface area contributed by atoms with E-state index >= 15 is 0 Å². The minimum Gasteiger partial charge on any atom is -0.481 e. The van der Waals surface area contributed by atoms with Gasteiger partial charge in [0.25, 0.3) is 0 Å². The van der Waals surface area contributed by atoms with E-state index in [9.17, 15) is 14.4 Å². The molecule has 17 heavy (non-hydrogen) atoms. The summed E-state index contributed by atoms with van der Waals surface area (Å²) < 4.78 is 0. The van der Waals surface area contributed by atoms with Crippen molar-refractivity contribution in [1.29, 1.82) is 0 Å². The number of hydrogen-bond donors (Lipinski definition) is 4. The van der Waals surface area contributed by atoms with Crippen LogP contribution in [0.5, 0.6) is 0 Å². The van der Waals surface area contributed by atoms with E-state index in [4.69, 9.17) is 10.2 Å². The SMILES string of the molecule is CC.CNC(=O)CCC(=O)O.O=C(O)CCS. The molecular formula is C10H21NO5S. The van der Waals surface area contributed by atoms with Crippen LogP contribution in [0.3, 0.4) is 0 Å². The number of aliphatic carboxylic acids is 2. The lowest BCUT2D eigenvalue weighted by Gasteiger charge is -1.93. The molecule has 6 nitrogen and oxygen atoms in total. The first kappa shape index (κ1) is 21.1. The summed E-state index contributed by atoms with van der Waals surface area (Å²) in [5, 5.41) is 18.3. The molecular weight excluding hydrogens is 246 g/mol. The molecule has 0 fully saturated rings. The highest BCUT2D eigenvalue weighted by molar-refractivity contribution is 7.80. The van der Waals surface area contributed by atoms with Crippen LogP contribution < -0.4 is 5.32 Å². The van der Waals surface area contributed by atoms with Gasteiger partial charge in [-0.3, -0.25) is 14.4 Å². The summed E-state index contributed by atoms with van der Waals surface area (Å²) in [7, 11) is 1.48. The van der Waals surface area contributed by atoms with Gasteiger partial charge in [-0.1, -0.05) is 13.8 Å². The van der Waals surface area contributed by atoms with Crippen LogP contribution in [0.4, 0.5) is 0 Å². The Labute approximate surface area is 107 Å². The third-order valence-corrected chi connectivity index (χ3v) is 1.39. The van der Waals surface area contributed by atoms with E-state index < -0.39 is 11.9 Å². The fourth-order valence-corrected chi connectivity index (χ4v) is 0.632. The van der Waals surface area contributed by atoms with Gasteiger partial charge in [0.15, 0.2) is 0 Å². The summed E-state index contributed by atoms with van der Waals surface area (Å²) in [4.78, 5) is 29.7. The second kappa shape index (κ2) is 17.2. The predicted octanol–water partition coefficient (Wildman–Crippen LogP) is 1.01.